The highest BCUT2D eigenvalue weighted by molar-refractivity contribution is 5.41. The molecule has 2 unspecified atom stereocenters. The minimum absolute atomic E-state index is 0.729. The van der Waals surface area contributed by atoms with Gasteiger partial charge in [0.1, 0.15) is 5.75 Å². The minimum atomic E-state index is 0.729. The second kappa shape index (κ2) is 6.80. The van der Waals surface area contributed by atoms with Crippen molar-refractivity contribution in [3.63, 3.8) is 0 Å². The van der Waals surface area contributed by atoms with Crippen LogP contribution in [0.1, 0.15) is 33.1 Å². The van der Waals surface area contributed by atoms with Crippen molar-refractivity contribution in [3.8, 4) is 5.75 Å². The largest absolute Gasteiger partial charge is 0.494 e. The first-order valence-corrected chi connectivity index (χ1v) is 7.37. The molecule has 0 aliphatic carbocycles. The summed E-state index contributed by atoms with van der Waals surface area (Å²) in [5.74, 6) is 1.75. The Bertz CT molecular complexity index is 377. The van der Waals surface area contributed by atoms with Crippen molar-refractivity contribution >= 4 is 5.69 Å². The van der Waals surface area contributed by atoms with Gasteiger partial charge in [-0.05, 0) is 56.4 Å². The van der Waals surface area contributed by atoms with E-state index in [4.69, 9.17) is 10.5 Å². The lowest BCUT2D eigenvalue weighted by Crippen LogP contribution is -2.41. The standard InChI is InChI=1S/C16H26N2O/c1-13-4-5-14(2)18(12-13)10-3-11-19-16-8-6-15(17)7-9-16/h6-9,13-14H,3-5,10-12,17H2,1-2H3. The summed E-state index contributed by atoms with van der Waals surface area (Å²) < 4.78 is 5.73. The molecule has 0 spiro atoms. The lowest BCUT2D eigenvalue weighted by atomic mass is 9.95. The molecule has 1 aliphatic heterocycles. The van der Waals surface area contributed by atoms with Crippen molar-refractivity contribution < 1.29 is 4.74 Å². The number of rotatable bonds is 5. The summed E-state index contributed by atoms with van der Waals surface area (Å²) >= 11 is 0. The number of nitrogens with zero attached hydrogens (tertiary/aromatic N) is 1. The molecule has 1 aromatic rings. The van der Waals surface area contributed by atoms with Gasteiger partial charge in [-0.25, -0.2) is 0 Å². The predicted molar refractivity (Wildman–Crippen MR) is 80.4 cm³/mol. The van der Waals surface area contributed by atoms with Crippen molar-refractivity contribution in [2.24, 2.45) is 5.92 Å². The molecule has 1 aliphatic rings. The second-order valence-corrected chi connectivity index (χ2v) is 5.80. The zero-order chi connectivity index (χ0) is 13.7. The van der Waals surface area contributed by atoms with Gasteiger partial charge in [0.15, 0.2) is 0 Å². The summed E-state index contributed by atoms with van der Waals surface area (Å²) in [6.07, 6.45) is 3.79. The molecular formula is C16H26N2O. The Labute approximate surface area is 116 Å². The van der Waals surface area contributed by atoms with Crippen molar-refractivity contribution in [2.45, 2.75) is 39.2 Å². The Morgan fingerprint density at radius 2 is 1.95 bits per heavy atom. The number of hydrogen-bond donors (Lipinski definition) is 1. The molecule has 2 atom stereocenters. The van der Waals surface area contributed by atoms with Crippen LogP contribution in [-0.4, -0.2) is 30.6 Å². The van der Waals surface area contributed by atoms with E-state index in [2.05, 4.69) is 18.7 Å². The number of piperidine rings is 1. The molecule has 1 saturated heterocycles. The van der Waals surface area contributed by atoms with Gasteiger partial charge in [0, 0.05) is 24.8 Å². The van der Waals surface area contributed by atoms with Crippen LogP contribution in [0.25, 0.3) is 0 Å². The van der Waals surface area contributed by atoms with Crippen molar-refractivity contribution in [3.05, 3.63) is 24.3 Å². The fraction of sp³-hybridized carbons (Fsp3) is 0.625. The van der Waals surface area contributed by atoms with Gasteiger partial charge in [-0.3, -0.25) is 0 Å². The van der Waals surface area contributed by atoms with E-state index in [1.54, 1.807) is 0 Å². The van der Waals surface area contributed by atoms with Crippen LogP contribution in [0, 0.1) is 5.92 Å². The summed E-state index contributed by atoms with van der Waals surface area (Å²) in [5, 5.41) is 0. The van der Waals surface area contributed by atoms with Gasteiger partial charge in [-0.15, -0.1) is 0 Å². The van der Waals surface area contributed by atoms with Crippen molar-refractivity contribution in [2.75, 3.05) is 25.4 Å². The second-order valence-electron chi connectivity index (χ2n) is 5.80. The highest BCUT2D eigenvalue weighted by atomic mass is 16.5. The number of hydrogen-bond acceptors (Lipinski definition) is 3. The Kier molecular flexibility index (Phi) is 5.08. The molecule has 3 nitrogen and oxygen atoms in total. The predicted octanol–water partition coefficient (Wildman–Crippen LogP) is 3.16. The van der Waals surface area contributed by atoms with Gasteiger partial charge in [0.2, 0.25) is 0 Å². The van der Waals surface area contributed by atoms with Crippen LogP contribution in [0.5, 0.6) is 5.75 Å². The zero-order valence-electron chi connectivity index (χ0n) is 12.1. The Morgan fingerprint density at radius 3 is 2.68 bits per heavy atom. The number of ether oxygens (including phenoxy) is 1. The van der Waals surface area contributed by atoms with Gasteiger partial charge in [-0.2, -0.15) is 0 Å². The third kappa shape index (κ3) is 4.43. The van der Waals surface area contributed by atoms with Gasteiger partial charge < -0.3 is 15.4 Å². The third-order valence-corrected chi connectivity index (χ3v) is 3.99. The fourth-order valence-corrected chi connectivity index (χ4v) is 2.71. The highest BCUT2D eigenvalue weighted by Gasteiger charge is 2.21. The molecule has 1 aromatic carbocycles. The van der Waals surface area contributed by atoms with E-state index in [0.29, 0.717) is 0 Å². The van der Waals surface area contributed by atoms with Gasteiger partial charge in [0.05, 0.1) is 6.61 Å². The first kappa shape index (κ1) is 14.2. The molecule has 0 saturated carbocycles. The maximum Gasteiger partial charge on any atom is 0.119 e. The average molecular weight is 262 g/mol. The molecule has 3 heteroatoms. The molecule has 106 valence electrons. The van der Waals surface area contributed by atoms with Gasteiger partial charge in [-0.1, -0.05) is 6.92 Å². The van der Waals surface area contributed by atoms with Crippen LogP contribution in [0.15, 0.2) is 24.3 Å². The fourth-order valence-electron chi connectivity index (χ4n) is 2.71. The topological polar surface area (TPSA) is 38.5 Å². The first-order chi connectivity index (χ1) is 9.15. The Hall–Kier alpha value is -1.22. The van der Waals surface area contributed by atoms with Gasteiger partial charge in [0.25, 0.3) is 0 Å². The lowest BCUT2D eigenvalue weighted by Gasteiger charge is -2.36. The number of nitrogen functional groups attached to an aromatic ring is 1. The SMILES string of the molecule is CC1CCC(C)N(CCCOc2ccc(N)cc2)C1. The molecule has 2 N–H and O–H groups in total. The summed E-state index contributed by atoms with van der Waals surface area (Å²) in [4.78, 5) is 2.60. The number of benzene rings is 1. The summed E-state index contributed by atoms with van der Waals surface area (Å²) in [6, 6.07) is 8.35. The normalized spacial score (nSPS) is 24.3. The lowest BCUT2D eigenvalue weighted by molar-refractivity contribution is 0.116. The van der Waals surface area contributed by atoms with Crippen molar-refractivity contribution in [1.82, 2.24) is 4.90 Å². The van der Waals surface area contributed by atoms with Crippen LogP contribution in [-0.2, 0) is 0 Å². The summed E-state index contributed by atoms with van der Waals surface area (Å²) in [7, 11) is 0. The van der Waals surface area contributed by atoms with E-state index in [1.165, 1.54) is 19.4 Å². The van der Waals surface area contributed by atoms with Gasteiger partial charge >= 0.3 is 0 Å². The van der Waals surface area contributed by atoms with Crippen LogP contribution >= 0.6 is 0 Å². The Morgan fingerprint density at radius 1 is 1.21 bits per heavy atom. The smallest absolute Gasteiger partial charge is 0.119 e. The molecular weight excluding hydrogens is 236 g/mol. The maximum atomic E-state index is 5.73. The van der Waals surface area contributed by atoms with Crippen LogP contribution in [0.4, 0.5) is 5.69 Å². The summed E-state index contributed by atoms with van der Waals surface area (Å²) in [6.45, 7) is 7.85. The van der Waals surface area contributed by atoms with E-state index < -0.39 is 0 Å². The molecule has 0 amide bonds. The average Bonchev–Trinajstić information content (AvgIpc) is 2.40. The van der Waals surface area contributed by atoms with Crippen molar-refractivity contribution in [1.29, 1.82) is 0 Å². The number of likely N-dealkylation sites (tertiary alicyclic amines) is 1. The Balaban J connectivity index is 1.67. The molecule has 1 fully saturated rings. The van der Waals surface area contributed by atoms with E-state index in [9.17, 15) is 0 Å². The van der Waals surface area contributed by atoms with Crippen LogP contribution in [0.2, 0.25) is 0 Å². The number of nitrogens with two attached hydrogens (primary N) is 1. The minimum Gasteiger partial charge on any atom is -0.494 e. The maximum absolute atomic E-state index is 5.73. The quantitative estimate of drug-likeness (QED) is 0.654. The van der Waals surface area contributed by atoms with Crippen LogP contribution < -0.4 is 10.5 Å². The van der Waals surface area contributed by atoms with E-state index in [1.807, 2.05) is 24.3 Å². The van der Waals surface area contributed by atoms with E-state index >= 15 is 0 Å². The molecule has 1 heterocycles. The molecule has 0 radical (unpaired) electrons. The highest BCUT2D eigenvalue weighted by Crippen LogP contribution is 2.21. The van der Waals surface area contributed by atoms with E-state index in [-0.39, 0.29) is 0 Å². The third-order valence-electron chi connectivity index (χ3n) is 3.99. The first-order valence-electron chi connectivity index (χ1n) is 7.37. The molecule has 19 heavy (non-hydrogen) atoms. The summed E-state index contributed by atoms with van der Waals surface area (Å²) in [5.41, 5.74) is 6.43. The molecule has 0 aromatic heterocycles. The zero-order valence-corrected chi connectivity index (χ0v) is 12.1. The monoisotopic (exact) mass is 262 g/mol. The number of anilines is 1. The molecule has 0 bridgehead atoms. The van der Waals surface area contributed by atoms with E-state index in [0.717, 1.165) is 43.0 Å². The van der Waals surface area contributed by atoms with Crippen LogP contribution in [0.3, 0.4) is 0 Å². The molecule has 2 rings (SSSR count).